The van der Waals surface area contributed by atoms with Gasteiger partial charge in [0.1, 0.15) is 36.6 Å². The molecule has 1 saturated carbocycles. The molecule has 0 aromatic heterocycles. The highest BCUT2D eigenvalue weighted by Crippen LogP contribution is 2.30. The Balaban J connectivity index is 1.68. The smallest absolute Gasteiger partial charge is 0.370 e. The fourth-order valence-corrected chi connectivity index (χ4v) is 6.76. The summed E-state index contributed by atoms with van der Waals surface area (Å²) in [5, 5.41) is 63.1. The summed E-state index contributed by atoms with van der Waals surface area (Å²) in [6, 6.07) is -1.62. The summed E-state index contributed by atoms with van der Waals surface area (Å²) in [5.74, 6) is -2.29. The van der Waals surface area contributed by atoms with Gasteiger partial charge >= 0.3 is 5.97 Å². The Labute approximate surface area is 293 Å². The summed E-state index contributed by atoms with van der Waals surface area (Å²) >= 11 is 0. The number of carbonyl (C=O) groups is 2. The molecule has 2 fully saturated rings. The fraction of sp³-hybridized carbons (Fsp3) is 0.917. The van der Waals surface area contributed by atoms with Gasteiger partial charge in [-0.3, -0.25) is 9.79 Å². The highest BCUT2D eigenvalue weighted by molar-refractivity contribution is 6.33. The van der Waals surface area contributed by atoms with Crippen molar-refractivity contribution in [2.75, 3.05) is 0 Å². The van der Waals surface area contributed by atoms with Gasteiger partial charge in [-0.2, -0.15) is 0 Å². The Morgan fingerprint density at radius 3 is 1.55 bits per heavy atom. The third kappa shape index (κ3) is 15.9. The van der Waals surface area contributed by atoms with Crippen molar-refractivity contribution < 1.29 is 49.7 Å². The van der Waals surface area contributed by atoms with Crippen LogP contribution in [0.5, 0.6) is 0 Å². The molecule has 0 radical (unpaired) electrons. The van der Waals surface area contributed by atoms with Crippen molar-refractivity contribution >= 4 is 17.7 Å². The number of aliphatic hydroxyl groups excluding tert-OH is 5. The van der Waals surface area contributed by atoms with Crippen molar-refractivity contribution in [3.05, 3.63) is 0 Å². The SMILES string of the molecule is CCCCCCCCCCCCCCCCCCCCCC(=O)N[C@H]1C[C@H](N=C(N)C(=O)O)[C@@H](C)O[C@@H]1OC1[C@@H](O)[C@H](O)C(O)[C@H](O)[C@H]1O. The van der Waals surface area contributed by atoms with Crippen LogP contribution in [-0.2, 0) is 19.1 Å². The Morgan fingerprint density at radius 1 is 0.714 bits per heavy atom. The monoisotopic (exact) mass is 701 g/mol. The van der Waals surface area contributed by atoms with E-state index in [2.05, 4.69) is 17.2 Å². The number of carboxylic acid groups (broad SMARTS) is 1. The number of aliphatic imine (C=N–C) groups is 1. The molecule has 10 atom stereocenters. The van der Waals surface area contributed by atoms with Gasteiger partial charge in [-0.05, 0) is 19.8 Å². The second-order valence-electron chi connectivity index (χ2n) is 14.2. The number of carbonyl (C=O) groups excluding carboxylic acids is 1. The van der Waals surface area contributed by atoms with Gasteiger partial charge in [0.25, 0.3) is 0 Å². The van der Waals surface area contributed by atoms with Gasteiger partial charge in [-0.15, -0.1) is 0 Å². The maximum absolute atomic E-state index is 12.9. The summed E-state index contributed by atoms with van der Waals surface area (Å²) < 4.78 is 11.7. The molecule has 2 aliphatic rings. The minimum Gasteiger partial charge on any atom is -0.475 e. The number of nitrogens with one attached hydrogen (secondary N) is 1. The van der Waals surface area contributed by atoms with E-state index in [0.29, 0.717) is 6.42 Å². The van der Waals surface area contributed by atoms with Gasteiger partial charge in [0.2, 0.25) is 11.7 Å². The molecule has 0 spiro atoms. The molecule has 0 aromatic carbocycles. The molecule has 1 amide bonds. The average molecular weight is 702 g/mol. The predicted octanol–water partition coefficient (Wildman–Crippen LogP) is 3.44. The molecule has 0 bridgehead atoms. The lowest BCUT2D eigenvalue weighted by molar-refractivity contribution is -0.295. The first-order chi connectivity index (χ1) is 23.5. The van der Waals surface area contributed by atoms with Crippen LogP contribution >= 0.6 is 0 Å². The van der Waals surface area contributed by atoms with Crippen LogP contribution in [0.1, 0.15) is 149 Å². The molecular weight excluding hydrogens is 634 g/mol. The van der Waals surface area contributed by atoms with E-state index in [1.54, 1.807) is 6.92 Å². The van der Waals surface area contributed by atoms with E-state index in [4.69, 9.17) is 15.2 Å². The molecule has 13 nitrogen and oxygen atoms in total. The first-order valence-corrected chi connectivity index (χ1v) is 19.0. The molecule has 9 N–H and O–H groups in total. The summed E-state index contributed by atoms with van der Waals surface area (Å²) in [7, 11) is 0. The first-order valence-electron chi connectivity index (χ1n) is 19.0. The molecule has 1 heterocycles. The van der Waals surface area contributed by atoms with Crippen LogP contribution < -0.4 is 11.1 Å². The number of ether oxygens (including phenoxy) is 2. The maximum Gasteiger partial charge on any atom is 0.370 e. The van der Waals surface area contributed by atoms with Crippen LogP contribution in [-0.4, -0.2) is 109 Å². The molecule has 0 aromatic rings. The van der Waals surface area contributed by atoms with Crippen molar-refractivity contribution in [1.82, 2.24) is 5.32 Å². The molecule has 2 rings (SSSR count). The minimum atomic E-state index is -1.79. The fourth-order valence-electron chi connectivity index (χ4n) is 6.76. The Bertz CT molecular complexity index is 940. The number of rotatable bonds is 24. The molecular formula is C36H67N3O10. The number of carboxylic acids is 1. The van der Waals surface area contributed by atoms with Crippen LogP contribution in [0.3, 0.4) is 0 Å². The molecule has 1 aliphatic carbocycles. The second kappa shape index (κ2) is 24.3. The quantitative estimate of drug-likeness (QED) is 0.0413. The molecule has 1 saturated heterocycles. The van der Waals surface area contributed by atoms with Gasteiger partial charge in [-0.25, -0.2) is 4.79 Å². The van der Waals surface area contributed by atoms with E-state index >= 15 is 0 Å². The standard InChI is InChI=1S/C36H67N3O10/c1-3-4-5-6-7-8-9-10-11-12-13-14-15-16-17-18-19-20-21-22-27(40)38-26-23-25(39-34(37)35(46)47)24(2)48-36(26)49-33-31(44)29(42)28(41)30(43)32(33)45/h24-26,28-33,36,41-45H,3-23H2,1-2H3,(H2,37,39)(H,38,40)(H,46,47)/t24-,25+,26+,28?,29-,30+,31+,32-,33?,36-/m1/s1. The van der Waals surface area contributed by atoms with Gasteiger partial charge in [0, 0.05) is 6.42 Å². The zero-order valence-electron chi connectivity index (χ0n) is 30.0. The number of hydrogen-bond donors (Lipinski definition) is 8. The van der Waals surface area contributed by atoms with Gasteiger partial charge < -0.3 is 51.2 Å². The molecule has 13 heteroatoms. The normalized spacial score (nSPS) is 30.7. The topological polar surface area (TPSA) is 224 Å². The highest BCUT2D eigenvalue weighted by atomic mass is 16.7. The summed E-state index contributed by atoms with van der Waals surface area (Å²) in [6.45, 7) is 3.87. The lowest BCUT2D eigenvalue weighted by Gasteiger charge is -2.45. The van der Waals surface area contributed by atoms with E-state index in [0.717, 1.165) is 19.3 Å². The number of amidine groups is 1. The van der Waals surface area contributed by atoms with E-state index in [1.165, 1.54) is 96.3 Å². The van der Waals surface area contributed by atoms with Crippen molar-refractivity contribution in [2.24, 2.45) is 10.7 Å². The van der Waals surface area contributed by atoms with Gasteiger partial charge in [0.05, 0.1) is 18.2 Å². The van der Waals surface area contributed by atoms with Crippen molar-refractivity contribution in [3.63, 3.8) is 0 Å². The van der Waals surface area contributed by atoms with E-state index in [-0.39, 0.29) is 18.7 Å². The number of amides is 1. The Hall–Kier alpha value is -1.87. The highest BCUT2D eigenvalue weighted by Gasteiger charge is 2.51. The zero-order chi connectivity index (χ0) is 36.2. The molecule has 1 aliphatic heterocycles. The van der Waals surface area contributed by atoms with E-state index in [1.807, 2.05) is 0 Å². The van der Waals surface area contributed by atoms with Crippen LogP contribution in [0.4, 0.5) is 0 Å². The lowest BCUT2D eigenvalue weighted by Crippen LogP contribution is -2.66. The molecule has 49 heavy (non-hydrogen) atoms. The van der Waals surface area contributed by atoms with Crippen molar-refractivity contribution in [2.45, 2.75) is 210 Å². The average Bonchev–Trinajstić information content (AvgIpc) is 3.07. The van der Waals surface area contributed by atoms with Gasteiger partial charge in [0.15, 0.2) is 6.29 Å². The minimum absolute atomic E-state index is 0.0807. The van der Waals surface area contributed by atoms with Crippen molar-refractivity contribution in [1.29, 1.82) is 0 Å². The number of hydrogen-bond acceptors (Lipinski definition) is 10. The Kier molecular flexibility index (Phi) is 21.5. The largest absolute Gasteiger partial charge is 0.475 e. The third-order valence-electron chi connectivity index (χ3n) is 9.96. The summed E-state index contributed by atoms with van der Waals surface area (Å²) in [4.78, 5) is 28.2. The lowest BCUT2D eigenvalue weighted by atomic mass is 9.84. The number of nitrogens with zero attached hydrogens (tertiary/aromatic N) is 1. The van der Waals surface area contributed by atoms with Crippen LogP contribution in [0.2, 0.25) is 0 Å². The van der Waals surface area contributed by atoms with Crippen LogP contribution in [0.25, 0.3) is 0 Å². The third-order valence-corrected chi connectivity index (χ3v) is 9.96. The number of unbranched alkanes of at least 4 members (excludes halogenated alkanes) is 18. The Morgan fingerprint density at radius 2 is 1.12 bits per heavy atom. The summed E-state index contributed by atoms with van der Waals surface area (Å²) in [6.07, 6.45) is 11.8. The van der Waals surface area contributed by atoms with Crippen molar-refractivity contribution in [3.8, 4) is 0 Å². The van der Waals surface area contributed by atoms with E-state index in [9.17, 15) is 40.2 Å². The second-order valence-corrected chi connectivity index (χ2v) is 14.2. The number of aliphatic carboxylic acids is 1. The van der Waals surface area contributed by atoms with Gasteiger partial charge in [-0.1, -0.05) is 122 Å². The van der Waals surface area contributed by atoms with Crippen LogP contribution in [0, 0.1) is 0 Å². The molecule has 2 unspecified atom stereocenters. The maximum atomic E-state index is 12.9. The predicted molar refractivity (Wildman–Crippen MR) is 187 cm³/mol. The number of aliphatic hydroxyl groups is 5. The summed E-state index contributed by atoms with van der Waals surface area (Å²) in [5.41, 5.74) is 5.53. The first kappa shape index (κ1) is 43.3. The zero-order valence-corrected chi connectivity index (χ0v) is 30.0. The molecule has 286 valence electrons. The van der Waals surface area contributed by atoms with E-state index < -0.39 is 72.9 Å². The number of nitrogens with two attached hydrogens (primary N) is 1. The van der Waals surface area contributed by atoms with Crippen LogP contribution in [0.15, 0.2) is 4.99 Å².